The van der Waals surface area contributed by atoms with Crippen molar-refractivity contribution in [3.8, 4) is 6.07 Å². The first-order valence-electron chi connectivity index (χ1n) is 8.75. The number of fused-ring (bicyclic) bond motifs is 1. The molecule has 3 rings (SSSR count). The van der Waals surface area contributed by atoms with E-state index >= 15 is 0 Å². The number of hydrogen-bond acceptors (Lipinski definition) is 4. The van der Waals surface area contributed by atoms with Gasteiger partial charge in [-0.25, -0.2) is 0 Å². The molecular weight excluding hydrogens is 346 g/mol. The van der Waals surface area contributed by atoms with E-state index in [0.29, 0.717) is 22.8 Å². The van der Waals surface area contributed by atoms with Gasteiger partial charge in [-0.1, -0.05) is 19.1 Å². The number of rotatable bonds is 4. The van der Waals surface area contributed by atoms with Gasteiger partial charge >= 0.3 is 0 Å². The zero-order valence-electron chi connectivity index (χ0n) is 14.7. The summed E-state index contributed by atoms with van der Waals surface area (Å²) >= 11 is 1.52. The fraction of sp³-hybridized carbons (Fsp3) is 0.350. The molecule has 2 aromatic rings. The lowest BCUT2D eigenvalue weighted by molar-refractivity contribution is -0.121. The lowest BCUT2D eigenvalue weighted by Crippen LogP contribution is -2.41. The highest BCUT2D eigenvalue weighted by Crippen LogP contribution is 2.32. The van der Waals surface area contributed by atoms with Crippen molar-refractivity contribution in [2.75, 3.05) is 0 Å². The Morgan fingerprint density at radius 1 is 1.27 bits per heavy atom. The van der Waals surface area contributed by atoms with E-state index in [0.717, 1.165) is 18.4 Å². The van der Waals surface area contributed by atoms with Crippen molar-refractivity contribution in [2.45, 2.75) is 39.0 Å². The number of nitrogens with one attached hydrogen (secondary N) is 2. The maximum atomic E-state index is 12.2. The third kappa shape index (κ3) is 4.50. The summed E-state index contributed by atoms with van der Waals surface area (Å²) in [5.74, 6) is 0.163. The van der Waals surface area contributed by atoms with Crippen molar-refractivity contribution < 1.29 is 9.59 Å². The van der Waals surface area contributed by atoms with Gasteiger partial charge in [0.05, 0.1) is 16.5 Å². The number of nitrogens with zero attached hydrogens (tertiary/aromatic N) is 1. The van der Waals surface area contributed by atoms with Gasteiger partial charge < -0.3 is 0 Å². The number of thiophene rings is 1. The average Bonchev–Trinajstić information content (AvgIpc) is 3.08. The number of nitriles is 1. The van der Waals surface area contributed by atoms with Crippen molar-refractivity contribution in [3.63, 3.8) is 0 Å². The molecule has 0 aliphatic heterocycles. The minimum Gasteiger partial charge on any atom is -0.273 e. The lowest BCUT2D eigenvalue weighted by Gasteiger charge is -2.16. The van der Waals surface area contributed by atoms with Crippen molar-refractivity contribution in [1.29, 1.82) is 5.26 Å². The van der Waals surface area contributed by atoms with Crippen LogP contribution in [0.3, 0.4) is 0 Å². The van der Waals surface area contributed by atoms with Gasteiger partial charge in [0.1, 0.15) is 0 Å². The molecule has 5 nitrogen and oxygen atoms in total. The molecule has 1 aromatic heterocycles. The Morgan fingerprint density at radius 3 is 2.77 bits per heavy atom. The summed E-state index contributed by atoms with van der Waals surface area (Å²) in [5, 5.41) is 8.78. The highest BCUT2D eigenvalue weighted by Gasteiger charge is 2.20. The Balaban J connectivity index is 1.46. The number of amides is 2. The SMILES string of the molecule is CC1CCc2sc(C(=O)NNC(=O)CCc3ccc(C#N)cc3)cc2C1. The van der Waals surface area contributed by atoms with Gasteiger partial charge in [-0.2, -0.15) is 5.26 Å². The molecule has 134 valence electrons. The van der Waals surface area contributed by atoms with Gasteiger partial charge in [0.15, 0.2) is 0 Å². The lowest BCUT2D eigenvalue weighted by atomic mass is 9.90. The molecule has 0 fully saturated rings. The van der Waals surface area contributed by atoms with E-state index in [2.05, 4.69) is 23.8 Å². The van der Waals surface area contributed by atoms with Crippen LogP contribution < -0.4 is 10.9 Å². The number of aryl methyl sites for hydroxylation is 2. The van der Waals surface area contributed by atoms with E-state index in [-0.39, 0.29) is 18.2 Å². The predicted octanol–water partition coefficient (Wildman–Crippen LogP) is 3.14. The minimum atomic E-state index is -0.260. The molecule has 1 unspecified atom stereocenters. The number of hydrazine groups is 1. The quantitative estimate of drug-likeness (QED) is 0.815. The Labute approximate surface area is 157 Å². The fourth-order valence-electron chi connectivity index (χ4n) is 3.07. The maximum Gasteiger partial charge on any atom is 0.279 e. The molecule has 2 amide bonds. The molecule has 1 aliphatic carbocycles. The maximum absolute atomic E-state index is 12.2. The molecule has 0 radical (unpaired) electrons. The van der Waals surface area contributed by atoms with Crippen LogP contribution in [0.2, 0.25) is 0 Å². The third-order valence-electron chi connectivity index (χ3n) is 4.59. The van der Waals surface area contributed by atoms with Gasteiger partial charge in [-0.05, 0) is 60.9 Å². The summed E-state index contributed by atoms with van der Waals surface area (Å²) < 4.78 is 0. The van der Waals surface area contributed by atoms with E-state index in [1.165, 1.54) is 28.2 Å². The summed E-state index contributed by atoms with van der Waals surface area (Å²) in [5.41, 5.74) is 7.82. The normalized spacial score (nSPS) is 15.6. The largest absolute Gasteiger partial charge is 0.279 e. The molecule has 6 heteroatoms. The number of carbonyl (C=O) groups is 2. The van der Waals surface area contributed by atoms with Crippen LogP contribution in [0.4, 0.5) is 0 Å². The Morgan fingerprint density at radius 2 is 2.04 bits per heavy atom. The summed E-state index contributed by atoms with van der Waals surface area (Å²) in [6.07, 6.45) is 4.05. The van der Waals surface area contributed by atoms with Gasteiger partial charge in [-0.3, -0.25) is 20.4 Å². The molecule has 0 saturated carbocycles. The third-order valence-corrected chi connectivity index (χ3v) is 5.83. The monoisotopic (exact) mass is 367 g/mol. The highest BCUT2D eigenvalue weighted by molar-refractivity contribution is 7.14. The number of hydrogen-bond donors (Lipinski definition) is 2. The number of benzene rings is 1. The fourth-order valence-corrected chi connectivity index (χ4v) is 4.18. The molecule has 0 spiro atoms. The van der Waals surface area contributed by atoms with Gasteiger partial charge in [-0.15, -0.1) is 11.3 Å². The first-order valence-corrected chi connectivity index (χ1v) is 9.56. The Hall–Kier alpha value is -2.65. The van der Waals surface area contributed by atoms with Crippen LogP contribution in [0.15, 0.2) is 30.3 Å². The van der Waals surface area contributed by atoms with E-state index in [4.69, 9.17) is 5.26 Å². The first-order chi connectivity index (χ1) is 12.5. The van der Waals surface area contributed by atoms with E-state index < -0.39 is 0 Å². The van der Waals surface area contributed by atoms with Crippen molar-refractivity contribution >= 4 is 23.2 Å². The van der Waals surface area contributed by atoms with Gasteiger partial charge in [0.25, 0.3) is 5.91 Å². The zero-order chi connectivity index (χ0) is 18.5. The van der Waals surface area contributed by atoms with Crippen molar-refractivity contribution in [1.82, 2.24) is 10.9 Å². The summed E-state index contributed by atoms with van der Waals surface area (Å²) in [7, 11) is 0. The van der Waals surface area contributed by atoms with Crippen molar-refractivity contribution in [3.05, 3.63) is 56.8 Å². The van der Waals surface area contributed by atoms with Crippen LogP contribution in [-0.2, 0) is 24.1 Å². The summed E-state index contributed by atoms with van der Waals surface area (Å²) in [6.45, 7) is 2.23. The molecule has 1 atom stereocenters. The van der Waals surface area contributed by atoms with E-state index in [1.54, 1.807) is 12.1 Å². The summed E-state index contributed by atoms with van der Waals surface area (Å²) in [6, 6.07) is 11.1. The first kappa shape index (κ1) is 18.2. The molecule has 0 saturated heterocycles. The molecule has 1 heterocycles. The van der Waals surface area contributed by atoms with Crippen LogP contribution in [0.1, 0.15) is 51.0 Å². The average molecular weight is 367 g/mol. The van der Waals surface area contributed by atoms with Gasteiger partial charge in [0.2, 0.25) is 5.91 Å². The predicted molar refractivity (Wildman–Crippen MR) is 101 cm³/mol. The number of carbonyl (C=O) groups excluding carboxylic acids is 2. The van der Waals surface area contributed by atoms with Crippen LogP contribution in [0.5, 0.6) is 0 Å². The smallest absolute Gasteiger partial charge is 0.273 e. The second kappa shape index (κ2) is 8.15. The van der Waals surface area contributed by atoms with Crippen LogP contribution in [-0.4, -0.2) is 11.8 Å². The molecular formula is C20H21N3O2S. The molecule has 26 heavy (non-hydrogen) atoms. The van der Waals surface area contributed by atoms with E-state index in [9.17, 15) is 9.59 Å². The van der Waals surface area contributed by atoms with Crippen LogP contribution in [0.25, 0.3) is 0 Å². The standard InChI is InChI=1S/C20H21N3O2S/c1-13-2-8-17-16(10-13)11-18(26-17)20(25)23-22-19(24)9-7-14-3-5-15(12-21)6-4-14/h3-6,11,13H,2,7-10H2,1H3,(H,22,24)(H,23,25). The molecule has 2 N–H and O–H groups in total. The van der Waals surface area contributed by atoms with Crippen molar-refractivity contribution in [2.24, 2.45) is 5.92 Å². The minimum absolute atomic E-state index is 0.238. The molecule has 1 aromatic carbocycles. The molecule has 1 aliphatic rings. The molecule has 0 bridgehead atoms. The highest BCUT2D eigenvalue weighted by atomic mass is 32.1. The van der Waals surface area contributed by atoms with Crippen LogP contribution >= 0.6 is 11.3 Å². The Bertz CT molecular complexity index is 849. The summed E-state index contributed by atoms with van der Waals surface area (Å²) in [4.78, 5) is 26.1. The zero-order valence-corrected chi connectivity index (χ0v) is 15.5. The Kier molecular flexibility index (Phi) is 5.69. The van der Waals surface area contributed by atoms with E-state index in [1.807, 2.05) is 18.2 Å². The topological polar surface area (TPSA) is 82.0 Å². The van der Waals surface area contributed by atoms with Crippen LogP contribution in [0, 0.1) is 17.2 Å². The second-order valence-electron chi connectivity index (χ2n) is 6.72. The van der Waals surface area contributed by atoms with Gasteiger partial charge in [0, 0.05) is 11.3 Å². The second-order valence-corrected chi connectivity index (χ2v) is 7.85.